The molecule has 0 aromatic heterocycles. The third-order valence-corrected chi connectivity index (χ3v) is 5.04. The van der Waals surface area contributed by atoms with Gasteiger partial charge < -0.3 is 14.7 Å². The molecule has 6 heteroatoms. The van der Waals surface area contributed by atoms with E-state index in [2.05, 4.69) is 0 Å². The molecule has 102 valence electrons. The molecule has 0 aromatic rings. The quantitative estimate of drug-likeness (QED) is 0.832. The van der Waals surface area contributed by atoms with Crippen LogP contribution in [0.2, 0.25) is 0 Å². The van der Waals surface area contributed by atoms with E-state index in [1.807, 2.05) is 13.8 Å². The summed E-state index contributed by atoms with van der Waals surface area (Å²) in [5, 5.41) is 9.21. The molecule has 0 bridgehead atoms. The molecule has 0 radical (unpaired) electrons. The van der Waals surface area contributed by atoms with Crippen LogP contribution in [0.5, 0.6) is 0 Å². The summed E-state index contributed by atoms with van der Waals surface area (Å²) in [6.07, 6.45) is 0.706. The molecule has 2 fully saturated rings. The number of hydrogen-bond donors (Lipinski definition) is 1. The van der Waals surface area contributed by atoms with E-state index in [0.29, 0.717) is 25.4 Å². The first-order chi connectivity index (χ1) is 8.52. The van der Waals surface area contributed by atoms with Crippen LogP contribution < -0.4 is 0 Å². The summed E-state index contributed by atoms with van der Waals surface area (Å²) in [5.41, 5.74) is 0. The van der Waals surface area contributed by atoms with Gasteiger partial charge in [-0.25, -0.2) is 4.79 Å². The van der Waals surface area contributed by atoms with Gasteiger partial charge in [0, 0.05) is 12.4 Å². The van der Waals surface area contributed by atoms with Crippen molar-refractivity contribution in [2.45, 2.75) is 31.7 Å². The molecule has 1 amide bonds. The van der Waals surface area contributed by atoms with Gasteiger partial charge in [-0.2, -0.15) is 0 Å². The van der Waals surface area contributed by atoms with Crippen molar-refractivity contribution in [3.05, 3.63) is 0 Å². The van der Waals surface area contributed by atoms with Crippen LogP contribution in [0.25, 0.3) is 0 Å². The summed E-state index contributed by atoms with van der Waals surface area (Å²) in [4.78, 5) is 25.3. The molecule has 0 spiro atoms. The van der Waals surface area contributed by atoms with E-state index in [1.165, 1.54) is 0 Å². The fourth-order valence-electron chi connectivity index (χ4n) is 2.45. The monoisotopic (exact) mass is 273 g/mol. The Kier molecular flexibility index (Phi) is 4.17. The fraction of sp³-hybridized carbons (Fsp3) is 0.833. The Labute approximate surface area is 111 Å². The number of aliphatic carboxylic acids is 1. The maximum Gasteiger partial charge on any atom is 0.327 e. The molecule has 2 aliphatic heterocycles. The minimum atomic E-state index is -0.905. The summed E-state index contributed by atoms with van der Waals surface area (Å²) in [7, 11) is 0. The van der Waals surface area contributed by atoms with Crippen molar-refractivity contribution in [1.29, 1.82) is 0 Å². The number of carbonyl (C=O) groups is 2. The Morgan fingerprint density at radius 3 is 2.67 bits per heavy atom. The zero-order chi connectivity index (χ0) is 13.3. The zero-order valence-electron chi connectivity index (χ0n) is 10.7. The predicted octanol–water partition coefficient (Wildman–Crippen LogP) is 1.03. The fourth-order valence-corrected chi connectivity index (χ4v) is 3.93. The molecule has 2 aliphatic rings. The lowest BCUT2D eigenvalue weighted by molar-refractivity contribution is -0.151. The predicted molar refractivity (Wildman–Crippen MR) is 68.3 cm³/mol. The number of ether oxygens (including phenoxy) is 1. The van der Waals surface area contributed by atoms with Gasteiger partial charge in [0.15, 0.2) is 0 Å². The number of carboxylic acids is 1. The van der Waals surface area contributed by atoms with E-state index >= 15 is 0 Å². The third kappa shape index (κ3) is 2.49. The van der Waals surface area contributed by atoms with Crippen molar-refractivity contribution in [3.8, 4) is 0 Å². The summed E-state index contributed by atoms with van der Waals surface area (Å²) < 4.78 is 5.23. The lowest BCUT2D eigenvalue weighted by Crippen LogP contribution is -2.49. The molecule has 18 heavy (non-hydrogen) atoms. The molecular formula is C12H19NO4S. The Morgan fingerprint density at radius 2 is 2.17 bits per heavy atom. The van der Waals surface area contributed by atoms with Gasteiger partial charge in [0.05, 0.1) is 17.9 Å². The van der Waals surface area contributed by atoms with Gasteiger partial charge in [0.2, 0.25) is 5.91 Å². The second-order valence-electron chi connectivity index (χ2n) is 5.13. The number of nitrogens with zero attached hydrogens (tertiary/aromatic N) is 1. The topological polar surface area (TPSA) is 66.8 Å². The van der Waals surface area contributed by atoms with Crippen molar-refractivity contribution in [2.75, 3.05) is 19.0 Å². The SMILES string of the molecule is CC(C)C1SCC(C(=O)O)N1C(=O)C1CCOC1. The number of carbonyl (C=O) groups excluding carboxylic acids is 1. The highest BCUT2D eigenvalue weighted by atomic mass is 32.2. The molecule has 5 nitrogen and oxygen atoms in total. The first-order valence-electron chi connectivity index (χ1n) is 6.26. The molecule has 2 heterocycles. The molecule has 2 saturated heterocycles. The highest BCUT2D eigenvalue weighted by molar-refractivity contribution is 8.00. The molecule has 0 aliphatic carbocycles. The lowest BCUT2D eigenvalue weighted by atomic mass is 10.0. The summed E-state index contributed by atoms with van der Waals surface area (Å²) in [6, 6.07) is -0.685. The van der Waals surface area contributed by atoms with Crippen LogP contribution >= 0.6 is 11.8 Å². The van der Waals surface area contributed by atoms with Gasteiger partial charge in [0.25, 0.3) is 0 Å². The number of hydrogen-bond acceptors (Lipinski definition) is 4. The first-order valence-corrected chi connectivity index (χ1v) is 7.31. The normalized spacial score (nSPS) is 32.2. The van der Waals surface area contributed by atoms with Gasteiger partial charge in [-0.3, -0.25) is 4.79 Å². The number of thioether (sulfide) groups is 1. The first kappa shape index (κ1) is 13.7. The third-order valence-electron chi connectivity index (χ3n) is 3.42. The van der Waals surface area contributed by atoms with Crippen LogP contribution in [0.1, 0.15) is 20.3 Å². The summed E-state index contributed by atoms with van der Waals surface area (Å²) >= 11 is 1.57. The molecule has 3 atom stereocenters. The van der Waals surface area contributed by atoms with Crippen molar-refractivity contribution in [3.63, 3.8) is 0 Å². The maximum atomic E-state index is 12.4. The van der Waals surface area contributed by atoms with Crippen molar-refractivity contribution in [2.24, 2.45) is 11.8 Å². The van der Waals surface area contributed by atoms with E-state index in [-0.39, 0.29) is 23.1 Å². The second kappa shape index (κ2) is 5.48. The zero-order valence-corrected chi connectivity index (χ0v) is 11.5. The summed E-state index contributed by atoms with van der Waals surface area (Å²) in [5.74, 6) is -0.378. The molecule has 1 N–H and O–H groups in total. The van der Waals surface area contributed by atoms with Gasteiger partial charge in [-0.1, -0.05) is 13.8 Å². The number of amides is 1. The Hall–Kier alpha value is -0.750. The van der Waals surface area contributed by atoms with Crippen LogP contribution in [0, 0.1) is 11.8 Å². The lowest BCUT2D eigenvalue weighted by Gasteiger charge is -2.31. The van der Waals surface area contributed by atoms with Gasteiger partial charge in [-0.15, -0.1) is 11.8 Å². The average molecular weight is 273 g/mol. The Morgan fingerprint density at radius 1 is 1.44 bits per heavy atom. The van der Waals surface area contributed by atoms with Gasteiger partial charge >= 0.3 is 5.97 Å². The van der Waals surface area contributed by atoms with Crippen molar-refractivity contribution >= 4 is 23.6 Å². The molecular weight excluding hydrogens is 254 g/mol. The molecule has 0 saturated carbocycles. The highest BCUT2D eigenvalue weighted by Crippen LogP contribution is 2.36. The second-order valence-corrected chi connectivity index (χ2v) is 6.28. The van der Waals surface area contributed by atoms with E-state index in [9.17, 15) is 14.7 Å². The Balaban J connectivity index is 2.17. The van der Waals surface area contributed by atoms with Crippen molar-refractivity contribution < 1.29 is 19.4 Å². The van der Waals surface area contributed by atoms with Crippen LogP contribution in [0.3, 0.4) is 0 Å². The average Bonchev–Trinajstić information content (AvgIpc) is 2.97. The van der Waals surface area contributed by atoms with E-state index < -0.39 is 12.0 Å². The molecule has 2 rings (SSSR count). The van der Waals surface area contributed by atoms with Gasteiger partial charge in [0.1, 0.15) is 6.04 Å². The van der Waals surface area contributed by atoms with E-state index in [1.54, 1.807) is 16.7 Å². The van der Waals surface area contributed by atoms with E-state index in [0.717, 1.165) is 0 Å². The number of carboxylic acid groups (broad SMARTS) is 1. The van der Waals surface area contributed by atoms with Crippen LogP contribution in [-0.2, 0) is 14.3 Å². The maximum absolute atomic E-state index is 12.4. The minimum Gasteiger partial charge on any atom is -0.480 e. The number of rotatable bonds is 3. The van der Waals surface area contributed by atoms with Gasteiger partial charge in [-0.05, 0) is 12.3 Å². The Bertz CT molecular complexity index is 341. The largest absolute Gasteiger partial charge is 0.480 e. The minimum absolute atomic E-state index is 0.0285. The van der Waals surface area contributed by atoms with Crippen LogP contribution in [-0.4, -0.2) is 52.3 Å². The van der Waals surface area contributed by atoms with Crippen molar-refractivity contribution in [1.82, 2.24) is 4.90 Å². The highest BCUT2D eigenvalue weighted by Gasteiger charge is 2.45. The molecule has 3 unspecified atom stereocenters. The van der Waals surface area contributed by atoms with Crippen LogP contribution in [0.4, 0.5) is 0 Å². The summed E-state index contributed by atoms with van der Waals surface area (Å²) in [6.45, 7) is 5.07. The standard InChI is InChI=1S/C12H19NO4S/c1-7(2)11-13(9(6-18-11)12(15)16)10(14)8-3-4-17-5-8/h7-9,11H,3-6H2,1-2H3,(H,15,16). The van der Waals surface area contributed by atoms with Crippen LogP contribution in [0.15, 0.2) is 0 Å². The van der Waals surface area contributed by atoms with E-state index in [4.69, 9.17) is 4.74 Å². The molecule has 0 aromatic carbocycles. The smallest absolute Gasteiger partial charge is 0.327 e.